The lowest BCUT2D eigenvalue weighted by atomic mass is 9.97. The zero-order valence-corrected chi connectivity index (χ0v) is 23.7. The van der Waals surface area contributed by atoms with E-state index in [4.69, 9.17) is 9.97 Å². The summed E-state index contributed by atoms with van der Waals surface area (Å²) < 4.78 is 28.4. The van der Waals surface area contributed by atoms with Crippen molar-refractivity contribution in [3.05, 3.63) is 59.9 Å². The van der Waals surface area contributed by atoms with Gasteiger partial charge < -0.3 is 9.80 Å². The molecule has 0 aromatic carbocycles. The van der Waals surface area contributed by atoms with Gasteiger partial charge >= 0.3 is 0 Å². The van der Waals surface area contributed by atoms with Crippen molar-refractivity contribution in [2.24, 2.45) is 5.92 Å². The Morgan fingerprint density at radius 2 is 1.79 bits per heavy atom. The van der Waals surface area contributed by atoms with Crippen LogP contribution in [0.4, 0.5) is 11.6 Å². The van der Waals surface area contributed by atoms with Gasteiger partial charge in [0.2, 0.25) is 0 Å². The molecule has 1 atom stereocenters. The summed E-state index contributed by atoms with van der Waals surface area (Å²) in [6, 6.07) is 12.1. The number of carbonyl (C=O) groups is 1. The standard InChI is InChI=1S/C28H36N6O3S/c1-7-33(8-2)25-13-9-11-22(30-25)23-15-14-21(26(31-23)34-18-19(3)17-28(34,5)6)27(35)32-38(36,37)24-12-10-16-29-20(24)4/h9-16,19H,7-8,17-18H2,1-6H3,(H,32,35)/t19-/m0/s1. The number of sulfonamides is 1. The fourth-order valence-electron chi connectivity index (χ4n) is 5.21. The molecular weight excluding hydrogens is 500 g/mol. The van der Waals surface area contributed by atoms with Crippen LogP contribution in [0.25, 0.3) is 11.4 Å². The van der Waals surface area contributed by atoms with Gasteiger partial charge in [-0.3, -0.25) is 9.78 Å². The van der Waals surface area contributed by atoms with E-state index in [1.54, 1.807) is 19.1 Å². The third-order valence-electron chi connectivity index (χ3n) is 7.01. The fraction of sp³-hybridized carbons (Fsp3) is 0.429. The highest BCUT2D eigenvalue weighted by atomic mass is 32.2. The van der Waals surface area contributed by atoms with Crippen LogP contribution in [0.5, 0.6) is 0 Å². The summed E-state index contributed by atoms with van der Waals surface area (Å²) in [5.74, 6) is 0.952. The molecule has 202 valence electrons. The molecule has 9 nitrogen and oxygen atoms in total. The molecule has 3 aromatic rings. The highest BCUT2D eigenvalue weighted by Gasteiger charge is 2.39. The second kappa shape index (κ2) is 10.7. The summed E-state index contributed by atoms with van der Waals surface area (Å²) in [6.45, 7) is 14.5. The SMILES string of the molecule is CCN(CC)c1cccc(-c2ccc(C(=O)NS(=O)(=O)c3cccnc3C)c(N3C[C@@H](C)CC3(C)C)n2)n1. The first-order valence-electron chi connectivity index (χ1n) is 13.0. The Balaban J connectivity index is 1.78. The quantitative estimate of drug-likeness (QED) is 0.450. The third kappa shape index (κ3) is 5.50. The average Bonchev–Trinajstić information content (AvgIpc) is 3.16. The molecule has 1 fully saturated rings. The van der Waals surface area contributed by atoms with Crippen LogP contribution in [0.1, 0.15) is 57.1 Å². The number of pyridine rings is 3. The van der Waals surface area contributed by atoms with Crippen molar-refractivity contribution in [2.45, 2.75) is 58.4 Å². The van der Waals surface area contributed by atoms with Gasteiger partial charge in [-0.25, -0.2) is 23.1 Å². The van der Waals surface area contributed by atoms with Crippen LogP contribution < -0.4 is 14.5 Å². The molecule has 1 aliphatic rings. The van der Waals surface area contributed by atoms with Gasteiger partial charge in [0.05, 0.1) is 22.6 Å². The maximum Gasteiger partial charge on any atom is 0.268 e. The maximum atomic E-state index is 13.5. The van der Waals surface area contributed by atoms with Crippen molar-refractivity contribution in [3.8, 4) is 11.4 Å². The lowest BCUT2D eigenvalue weighted by Crippen LogP contribution is -2.41. The summed E-state index contributed by atoms with van der Waals surface area (Å²) in [7, 11) is -4.13. The van der Waals surface area contributed by atoms with Crippen LogP contribution in [-0.4, -0.2) is 54.5 Å². The van der Waals surface area contributed by atoms with E-state index in [0.717, 1.165) is 25.3 Å². The molecule has 38 heavy (non-hydrogen) atoms. The molecule has 0 bridgehead atoms. The summed E-state index contributed by atoms with van der Waals surface area (Å²) in [5.41, 5.74) is 1.55. The Kier molecular flexibility index (Phi) is 7.73. The number of hydrogen-bond donors (Lipinski definition) is 1. The Hall–Kier alpha value is -3.53. The maximum absolute atomic E-state index is 13.5. The van der Waals surface area contributed by atoms with E-state index in [1.807, 2.05) is 18.2 Å². The number of nitrogens with zero attached hydrogens (tertiary/aromatic N) is 5. The van der Waals surface area contributed by atoms with Gasteiger partial charge in [-0.2, -0.15) is 0 Å². The number of amides is 1. The Labute approximate surface area is 225 Å². The van der Waals surface area contributed by atoms with Crippen LogP contribution in [0.2, 0.25) is 0 Å². The molecule has 1 amide bonds. The zero-order chi connectivity index (χ0) is 27.7. The van der Waals surface area contributed by atoms with E-state index in [1.165, 1.54) is 18.3 Å². The molecule has 10 heteroatoms. The molecule has 0 aliphatic carbocycles. The summed E-state index contributed by atoms with van der Waals surface area (Å²) in [4.78, 5) is 31.5. The van der Waals surface area contributed by atoms with Crippen molar-refractivity contribution in [1.82, 2.24) is 19.7 Å². The molecular formula is C28H36N6O3S. The van der Waals surface area contributed by atoms with Crippen molar-refractivity contribution in [3.63, 3.8) is 0 Å². The Morgan fingerprint density at radius 1 is 1.08 bits per heavy atom. The molecule has 3 aromatic heterocycles. The number of carbonyl (C=O) groups excluding carboxylic acids is 1. The zero-order valence-electron chi connectivity index (χ0n) is 22.9. The smallest absolute Gasteiger partial charge is 0.268 e. The van der Waals surface area contributed by atoms with E-state index in [9.17, 15) is 13.2 Å². The van der Waals surface area contributed by atoms with Gasteiger partial charge in [0, 0.05) is 31.4 Å². The number of aromatic nitrogens is 3. The van der Waals surface area contributed by atoms with Crippen LogP contribution in [0.15, 0.2) is 53.6 Å². The fourth-order valence-corrected chi connectivity index (χ4v) is 6.37. The van der Waals surface area contributed by atoms with Crippen molar-refractivity contribution < 1.29 is 13.2 Å². The van der Waals surface area contributed by atoms with Crippen LogP contribution in [0, 0.1) is 12.8 Å². The minimum atomic E-state index is -4.13. The summed E-state index contributed by atoms with van der Waals surface area (Å²) in [5, 5.41) is 0. The van der Waals surface area contributed by atoms with Gasteiger partial charge in [0.15, 0.2) is 0 Å². The summed E-state index contributed by atoms with van der Waals surface area (Å²) in [6.07, 6.45) is 2.43. The normalized spacial score (nSPS) is 16.9. The van der Waals surface area contributed by atoms with Crippen molar-refractivity contribution in [2.75, 3.05) is 29.4 Å². The monoisotopic (exact) mass is 536 g/mol. The van der Waals surface area contributed by atoms with Crippen molar-refractivity contribution >= 4 is 27.6 Å². The molecule has 1 N–H and O–H groups in total. The lowest BCUT2D eigenvalue weighted by Gasteiger charge is -2.34. The minimum absolute atomic E-state index is 0.0352. The number of rotatable bonds is 8. The Bertz CT molecular complexity index is 1440. The number of nitrogens with one attached hydrogen (secondary N) is 1. The van der Waals surface area contributed by atoms with E-state index in [0.29, 0.717) is 35.4 Å². The summed E-state index contributed by atoms with van der Waals surface area (Å²) >= 11 is 0. The molecule has 0 radical (unpaired) electrons. The molecule has 0 unspecified atom stereocenters. The predicted molar refractivity (Wildman–Crippen MR) is 150 cm³/mol. The highest BCUT2D eigenvalue weighted by molar-refractivity contribution is 7.90. The molecule has 0 saturated carbocycles. The topological polar surface area (TPSA) is 108 Å². The van der Waals surface area contributed by atoms with Crippen LogP contribution >= 0.6 is 0 Å². The lowest BCUT2D eigenvalue weighted by molar-refractivity contribution is 0.0981. The molecule has 1 aliphatic heterocycles. The van der Waals surface area contributed by atoms with Crippen molar-refractivity contribution in [1.29, 1.82) is 0 Å². The second-order valence-corrected chi connectivity index (χ2v) is 12.0. The van der Waals surface area contributed by atoms with E-state index in [-0.39, 0.29) is 16.0 Å². The molecule has 1 saturated heterocycles. The average molecular weight is 537 g/mol. The first kappa shape index (κ1) is 27.5. The van der Waals surface area contributed by atoms with E-state index >= 15 is 0 Å². The minimum Gasteiger partial charge on any atom is -0.357 e. The number of hydrogen-bond acceptors (Lipinski definition) is 8. The van der Waals surface area contributed by atoms with Gasteiger partial charge in [0.25, 0.3) is 15.9 Å². The van der Waals surface area contributed by atoms with Gasteiger partial charge in [-0.15, -0.1) is 0 Å². The largest absolute Gasteiger partial charge is 0.357 e. The first-order valence-corrected chi connectivity index (χ1v) is 14.4. The number of anilines is 2. The Morgan fingerprint density at radius 3 is 2.42 bits per heavy atom. The van der Waals surface area contributed by atoms with E-state index < -0.39 is 15.9 Å². The third-order valence-corrected chi connectivity index (χ3v) is 8.47. The van der Waals surface area contributed by atoms with Gasteiger partial charge in [-0.05, 0) is 83.4 Å². The van der Waals surface area contributed by atoms with Gasteiger partial charge in [0.1, 0.15) is 16.5 Å². The van der Waals surface area contributed by atoms with Crippen LogP contribution in [-0.2, 0) is 10.0 Å². The van der Waals surface area contributed by atoms with Gasteiger partial charge in [-0.1, -0.05) is 13.0 Å². The van der Waals surface area contributed by atoms with E-state index in [2.05, 4.69) is 54.1 Å². The second-order valence-electron chi connectivity index (χ2n) is 10.4. The predicted octanol–water partition coefficient (Wildman–Crippen LogP) is 4.44. The number of aryl methyl sites for hydroxylation is 1. The molecule has 0 spiro atoms. The van der Waals surface area contributed by atoms with Crippen LogP contribution in [0.3, 0.4) is 0 Å². The first-order chi connectivity index (χ1) is 18.0. The molecule has 4 rings (SSSR count). The highest BCUT2D eigenvalue weighted by Crippen LogP contribution is 2.38. The molecule has 4 heterocycles.